The van der Waals surface area contributed by atoms with E-state index in [1.165, 1.54) is 0 Å². The van der Waals surface area contributed by atoms with Gasteiger partial charge in [-0.3, -0.25) is 4.98 Å². The number of hydrogen-bond donors (Lipinski definition) is 2. The number of pyridine rings is 1. The van der Waals surface area contributed by atoms with Crippen LogP contribution in [0.2, 0.25) is 0 Å². The van der Waals surface area contributed by atoms with Gasteiger partial charge in [-0.25, -0.2) is 0 Å². The summed E-state index contributed by atoms with van der Waals surface area (Å²) in [5.41, 5.74) is 5.34. The highest BCUT2D eigenvalue weighted by molar-refractivity contribution is 5.63. The molecule has 28 heavy (non-hydrogen) atoms. The molecule has 1 aromatic carbocycles. The fourth-order valence-corrected chi connectivity index (χ4v) is 3.04. The van der Waals surface area contributed by atoms with Gasteiger partial charge in [-0.2, -0.15) is 4.98 Å². The number of aryl methyl sites for hydroxylation is 4. The third-order valence-corrected chi connectivity index (χ3v) is 4.39. The van der Waals surface area contributed by atoms with Crippen LogP contribution in [0, 0.1) is 20.8 Å². The first-order valence-electron chi connectivity index (χ1n) is 9.26. The number of hydrogen-bond acceptors (Lipinski definition) is 7. The lowest BCUT2D eigenvalue weighted by molar-refractivity contribution is 0.0532. The predicted octanol–water partition coefficient (Wildman–Crippen LogP) is 3.02. The minimum Gasteiger partial charge on any atom is -0.490 e. The zero-order valence-electron chi connectivity index (χ0n) is 16.6. The van der Waals surface area contributed by atoms with Crippen molar-refractivity contribution >= 4 is 0 Å². The number of ether oxygens (including phenoxy) is 1. The van der Waals surface area contributed by atoms with Gasteiger partial charge in [-0.15, -0.1) is 0 Å². The maximum Gasteiger partial charge on any atom is 0.258 e. The predicted molar refractivity (Wildman–Crippen MR) is 105 cm³/mol. The zero-order valence-corrected chi connectivity index (χ0v) is 16.6. The summed E-state index contributed by atoms with van der Waals surface area (Å²) in [6.07, 6.45) is -0.0735. The summed E-state index contributed by atoms with van der Waals surface area (Å²) < 4.78 is 11.1. The number of nitrogens with zero attached hydrogens (tertiary/aromatic N) is 3. The molecule has 0 bridgehead atoms. The number of aromatic nitrogens is 3. The van der Waals surface area contributed by atoms with E-state index in [0.717, 1.165) is 40.1 Å². The molecular formula is C21H25N3O4. The Balaban J connectivity index is 1.88. The van der Waals surface area contributed by atoms with E-state index in [-0.39, 0.29) is 13.2 Å². The first-order chi connectivity index (χ1) is 13.4. The standard InChI is InChI=1S/C21H25N3O4/c1-5-17-9-16(8-14(4)22-17)21-23-20(24-28-21)15-6-12(2)19(13(3)7-15)27-11-18(26)10-25/h6-9,18,25-26H,5,10-11H2,1-4H3. The summed E-state index contributed by atoms with van der Waals surface area (Å²) >= 11 is 0. The molecule has 0 aliphatic heterocycles. The average molecular weight is 383 g/mol. The van der Waals surface area contributed by atoms with Gasteiger partial charge < -0.3 is 19.5 Å². The van der Waals surface area contributed by atoms with Crippen LogP contribution in [0.3, 0.4) is 0 Å². The fraction of sp³-hybridized carbons (Fsp3) is 0.381. The molecule has 0 aliphatic rings. The molecule has 2 heterocycles. The Morgan fingerprint density at radius 1 is 1.04 bits per heavy atom. The van der Waals surface area contributed by atoms with Gasteiger partial charge in [-0.05, 0) is 62.6 Å². The Kier molecular flexibility index (Phi) is 6.06. The van der Waals surface area contributed by atoms with Crippen LogP contribution in [0.4, 0.5) is 0 Å². The van der Waals surface area contributed by atoms with Crippen LogP contribution in [0.15, 0.2) is 28.8 Å². The molecule has 0 saturated carbocycles. The van der Waals surface area contributed by atoms with Crippen LogP contribution in [-0.4, -0.2) is 44.7 Å². The second kappa shape index (κ2) is 8.50. The fourth-order valence-electron chi connectivity index (χ4n) is 3.04. The molecule has 2 aromatic heterocycles. The summed E-state index contributed by atoms with van der Waals surface area (Å²) in [5, 5.41) is 22.5. The largest absolute Gasteiger partial charge is 0.490 e. The molecule has 0 aliphatic carbocycles. The van der Waals surface area contributed by atoms with Crippen LogP contribution in [0.5, 0.6) is 5.75 Å². The monoisotopic (exact) mass is 383 g/mol. The van der Waals surface area contributed by atoms with Gasteiger partial charge in [-0.1, -0.05) is 12.1 Å². The van der Waals surface area contributed by atoms with E-state index in [2.05, 4.69) is 22.0 Å². The lowest BCUT2D eigenvalue weighted by Crippen LogP contribution is -2.21. The normalized spacial score (nSPS) is 12.2. The first kappa shape index (κ1) is 20.0. The number of aliphatic hydroxyl groups is 2. The maximum absolute atomic E-state index is 9.49. The van der Waals surface area contributed by atoms with Gasteiger partial charge in [0.2, 0.25) is 5.82 Å². The van der Waals surface area contributed by atoms with Crippen molar-refractivity contribution in [1.29, 1.82) is 0 Å². The van der Waals surface area contributed by atoms with Crippen molar-refractivity contribution in [2.75, 3.05) is 13.2 Å². The SMILES string of the molecule is CCc1cc(-c2nc(-c3cc(C)c(OCC(O)CO)c(C)c3)no2)cc(C)n1. The van der Waals surface area contributed by atoms with Crippen LogP contribution >= 0.6 is 0 Å². The molecule has 0 saturated heterocycles. The third-order valence-electron chi connectivity index (χ3n) is 4.39. The molecule has 2 N–H and O–H groups in total. The van der Waals surface area contributed by atoms with E-state index in [9.17, 15) is 5.11 Å². The van der Waals surface area contributed by atoms with Crippen molar-refractivity contribution in [3.8, 4) is 28.6 Å². The van der Waals surface area contributed by atoms with Crippen molar-refractivity contribution in [2.24, 2.45) is 0 Å². The second-order valence-corrected chi connectivity index (χ2v) is 6.85. The molecule has 1 atom stereocenters. The molecule has 7 nitrogen and oxygen atoms in total. The number of rotatable bonds is 7. The number of aliphatic hydroxyl groups excluding tert-OH is 2. The quantitative estimate of drug-likeness (QED) is 0.646. The average Bonchev–Trinajstić information content (AvgIpc) is 3.16. The van der Waals surface area contributed by atoms with E-state index < -0.39 is 6.10 Å². The van der Waals surface area contributed by atoms with Gasteiger partial charge in [0.1, 0.15) is 18.5 Å². The Labute approximate surface area is 164 Å². The maximum atomic E-state index is 9.49. The molecule has 7 heteroatoms. The van der Waals surface area contributed by atoms with Gasteiger partial charge in [0.15, 0.2) is 0 Å². The molecule has 1 unspecified atom stereocenters. The Hall–Kier alpha value is -2.77. The first-order valence-corrected chi connectivity index (χ1v) is 9.26. The summed E-state index contributed by atoms with van der Waals surface area (Å²) in [7, 11) is 0. The van der Waals surface area contributed by atoms with E-state index in [4.69, 9.17) is 14.4 Å². The topological polar surface area (TPSA) is 102 Å². The van der Waals surface area contributed by atoms with Gasteiger partial charge >= 0.3 is 0 Å². The molecular weight excluding hydrogens is 358 g/mol. The van der Waals surface area contributed by atoms with Crippen molar-refractivity contribution in [3.05, 3.63) is 46.8 Å². The summed E-state index contributed by atoms with van der Waals surface area (Å²) in [5.74, 6) is 1.63. The molecule has 148 valence electrons. The van der Waals surface area contributed by atoms with Gasteiger partial charge in [0.05, 0.1) is 6.61 Å². The summed E-state index contributed by atoms with van der Waals surface area (Å²) in [4.78, 5) is 9.02. The van der Waals surface area contributed by atoms with E-state index >= 15 is 0 Å². The van der Waals surface area contributed by atoms with Crippen LogP contribution in [0.25, 0.3) is 22.8 Å². The van der Waals surface area contributed by atoms with Crippen LogP contribution in [-0.2, 0) is 6.42 Å². The molecule has 0 spiro atoms. The molecule has 0 fully saturated rings. The third kappa shape index (κ3) is 4.37. The minimum atomic E-state index is -0.907. The second-order valence-electron chi connectivity index (χ2n) is 6.85. The lowest BCUT2D eigenvalue weighted by atomic mass is 10.1. The molecule has 3 rings (SSSR count). The van der Waals surface area contributed by atoms with Crippen molar-refractivity contribution in [3.63, 3.8) is 0 Å². The zero-order chi connectivity index (χ0) is 20.3. The van der Waals surface area contributed by atoms with E-state index in [1.807, 2.05) is 45.0 Å². The number of benzene rings is 1. The highest BCUT2D eigenvalue weighted by Gasteiger charge is 2.15. The lowest BCUT2D eigenvalue weighted by Gasteiger charge is -2.15. The Morgan fingerprint density at radius 3 is 2.39 bits per heavy atom. The molecule has 3 aromatic rings. The smallest absolute Gasteiger partial charge is 0.258 e. The van der Waals surface area contributed by atoms with Crippen molar-refractivity contribution < 1.29 is 19.5 Å². The highest BCUT2D eigenvalue weighted by atomic mass is 16.5. The van der Waals surface area contributed by atoms with Crippen LogP contribution < -0.4 is 4.74 Å². The van der Waals surface area contributed by atoms with E-state index in [0.29, 0.717) is 17.5 Å². The summed E-state index contributed by atoms with van der Waals surface area (Å²) in [6.45, 7) is 7.52. The minimum absolute atomic E-state index is 0.0328. The Morgan fingerprint density at radius 2 is 1.75 bits per heavy atom. The highest BCUT2D eigenvalue weighted by Crippen LogP contribution is 2.30. The van der Waals surface area contributed by atoms with Crippen molar-refractivity contribution in [1.82, 2.24) is 15.1 Å². The van der Waals surface area contributed by atoms with Gasteiger partial charge in [0.25, 0.3) is 5.89 Å². The molecule has 0 amide bonds. The van der Waals surface area contributed by atoms with E-state index in [1.54, 1.807) is 0 Å². The van der Waals surface area contributed by atoms with Gasteiger partial charge in [0, 0.05) is 22.5 Å². The van der Waals surface area contributed by atoms with Crippen molar-refractivity contribution in [2.45, 2.75) is 40.2 Å². The Bertz CT molecular complexity index is 945. The summed E-state index contributed by atoms with van der Waals surface area (Å²) in [6, 6.07) is 7.72. The molecule has 0 radical (unpaired) electrons. The van der Waals surface area contributed by atoms with Crippen LogP contribution in [0.1, 0.15) is 29.4 Å².